The molecule has 0 radical (unpaired) electrons. The van der Waals surface area contributed by atoms with Crippen LogP contribution in [0.25, 0.3) is 0 Å². The van der Waals surface area contributed by atoms with Crippen LogP contribution in [-0.4, -0.2) is 52.1 Å². The summed E-state index contributed by atoms with van der Waals surface area (Å²) in [6.45, 7) is 7.18. The predicted molar refractivity (Wildman–Crippen MR) is 105 cm³/mol. The predicted octanol–water partition coefficient (Wildman–Crippen LogP) is 2.90. The highest BCUT2D eigenvalue weighted by molar-refractivity contribution is 5.80. The summed E-state index contributed by atoms with van der Waals surface area (Å²) in [6.07, 6.45) is 2.93. The first-order chi connectivity index (χ1) is 12.6. The normalized spacial score (nSPS) is 18.8. The number of guanidine groups is 1. The molecule has 1 atom stereocenters. The summed E-state index contributed by atoms with van der Waals surface area (Å²) in [5, 5.41) is 6.94. The molecule has 6 heteroatoms. The lowest BCUT2D eigenvalue weighted by Gasteiger charge is -2.38. The summed E-state index contributed by atoms with van der Waals surface area (Å²) < 4.78 is 16.5. The lowest BCUT2D eigenvalue weighted by Crippen LogP contribution is -2.45. The first-order valence-corrected chi connectivity index (χ1v) is 9.37. The van der Waals surface area contributed by atoms with Crippen LogP contribution in [0, 0.1) is 0 Å². The zero-order valence-corrected chi connectivity index (χ0v) is 16.5. The van der Waals surface area contributed by atoms with Gasteiger partial charge in [0.1, 0.15) is 11.4 Å². The van der Waals surface area contributed by atoms with Crippen LogP contribution in [0.2, 0.25) is 0 Å². The number of unbranched alkanes of at least 4 members (excludes halogenated alkanes) is 1. The average Bonchev–Trinajstić information content (AvgIpc) is 2.61. The van der Waals surface area contributed by atoms with E-state index in [1.54, 1.807) is 14.2 Å². The van der Waals surface area contributed by atoms with Crippen LogP contribution >= 0.6 is 0 Å². The Balaban J connectivity index is 1.79. The molecule has 1 aromatic carbocycles. The van der Waals surface area contributed by atoms with Crippen LogP contribution in [0.15, 0.2) is 29.3 Å². The molecule has 26 heavy (non-hydrogen) atoms. The second-order valence-electron chi connectivity index (χ2n) is 7.11. The summed E-state index contributed by atoms with van der Waals surface area (Å²) in [4.78, 5) is 4.37. The van der Waals surface area contributed by atoms with Gasteiger partial charge in [0, 0.05) is 39.3 Å². The highest BCUT2D eigenvalue weighted by Gasteiger charge is 2.33. The van der Waals surface area contributed by atoms with Crippen molar-refractivity contribution in [3.63, 3.8) is 0 Å². The van der Waals surface area contributed by atoms with Gasteiger partial charge in [0.15, 0.2) is 5.96 Å². The van der Waals surface area contributed by atoms with Crippen molar-refractivity contribution in [3.05, 3.63) is 29.8 Å². The van der Waals surface area contributed by atoms with E-state index in [4.69, 9.17) is 14.2 Å². The number of benzene rings is 1. The number of nitrogens with zero attached hydrogens (tertiary/aromatic N) is 1. The van der Waals surface area contributed by atoms with Crippen molar-refractivity contribution in [2.45, 2.75) is 44.8 Å². The third-order valence-electron chi connectivity index (χ3n) is 4.35. The van der Waals surface area contributed by atoms with Gasteiger partial charge in [-0.05, 0) is 32.8 Å². The van der Waals surface area contributed by atoms with Crippen LogP contribution in [0.4, 0.5) is 0 Å². The molecule has 0 bridgehead atoms. The van der Waals surface area contributed by atoms with Crippen molar-refractivity contribution < 1.29 is 14.2 Å². The van der Waals surface area contributed by atoms with E-state index < -0.39 is 0 Å². The number of rotatable bonds is 9. The van der Waals surface area contributed by atoms with Crippen molar-refractivity contribution in [1.29, 1.82) is 0 Å². The molecule has 1 aliphatic rings. The lowest BCUT2D eigenvalue weighted by molar-refractivity contribution is 0.0686. The molecule has 0 aliphatic carbocycles. The van der Waals surface area contributed by atoms with Crippen molar-refractivity contribution in [2.24, 2.45) is 4.99 Å². The molecule has 0 saturated carbocycles. The lowest BCUT2D eigenvalue weighted by atomic mass is 9.90. The van der Waals surface area contributed by atoms with Crippen molar-refractivity contribution in [2.75, 3.05) is 40.5 Å². The number of methoxy groups -OCH3 is 1. The minimum absolute atomic E-state index is 0.179. The SMILES string of the molecule is CN=C(NCCCCOCCOC)NC1CC(C)(C)Oc2ccccc21. The first kappa shape index (κ1) is 20.5. The molecule has 0 aromatic heterocycles. The van der Waals surface area contributed by atoms with Crippen LogP contribution in [0.5, 0.6) is 5.75 Å². The molecule has 2 N–H and O–H groups in total. The van der Waals surface area contributed by atoms with Gasteiger partial charge in [0.2, 0.25) is 0 Å². The van der Waals surface area contributed by atoms with Crippen LogP contribution in [0.1, 0.15) is 44.7 Å². The number of hydrogen-bond acceptors (Lipinski definition) is 4. The molecule has 6 nitrogen and oxygen atoms in total. The molecule has 1 unspecified atom stereocenters. The average molecular weight is 364 g/mol. The number of nitrogens with one attached hydrogen (secondary N) is 2. The smallest absolute Gasteiger partial charge is 0.191 e. The second-order valence-corrected chi connectivity index (χ2v) is 7.11. The maximum Gasteiger partial charge on any atom is 0.191 e. The Labute approximate surface area is 157 Å². The van der Waals surface area contributed by atoms with Crippen LogP contribution in [0.3, 0.4) is 0 Å². The number of hydrogen-bond donors (Lipinski definition) is 2. The summed E-state index contributed by atoms with van der Waals surface area (Å²) in [5.74, 6) is 1.77. The fourth-order valence-corrected chi connectivity index (χ4v) is 3.07. The first-order valence-electron chi connectivity index (χ1n) is 9.37. The molecule has 0 fully saturated rings. The van der Waals surface area contributed by atoms with Crippen LogP contribution < -0.4 is 15.4 Å². The van der Waals surface area contributed by atoms with Gasteiger partial charge in [-0.2, -0.15) is 0 Å². The third-order valence-corrected chi connectivity index (χ3v) is 4.35. The molecule has 146 valence electrons. The van der Waals surface area contributed by atoms with E-state index in [2.05, 4.69) is 41.6 Å². The van der Waals surface area contributed by atoms with E-state index in [-0.39, 0.29) is 11.6 Å². The Morgan fingerprint density at radius 2 is 2.04 bits per heavy atom. The van der Waals surface area contributed by atoms with E-state index >= 15 is 0 Å². The molecule has 0 saturated heterocycles. The Morgan fingerprint density at radius 1 is 1.23 bits per heavy atom. The molecule has 1 aliphatic heterocycles. The van der Waals surface area contributed by atoms with E-state index in [0.717, 1.165) is 44.1 Å². The van der Waals surface area contributed by atoms with E-state index in [0.29, 0.717) is 13.2 Å². The topological polar surface area (TPSA) is 64.1 Å². The van der Waals surface area contributed by atoms with Gasteiger partial charge in [0.05, 0.1) is 19.3 Å². The molecular formula is C20H33N3O3. The van der Waals surface area contributed by atoms with Crippen molar-refractivity contribution in [3.8, 4) is 5.75 Å². The minimum atomic E-state index is -0.204. The third kappa shape index (κ3) is 6.50. The zero-order valence-electron chi connectivity index (χ0n) is 16.5. The van der Waals surface area contributed by atoms with Gasteiger partial charge >= 0.3 is 0 Å². The largest absolute Gasteiger partial charge is 0.487 e. The summed E-state index contributed by atoms with van der Waals surface area (Å²) >= 11 is 0. The summed E-state index contributed by atoms with van der Waals surface area (Å²) in [6, 6.07) is 8.39. The Bertz CT molecular complexity index is 575. The van der Waals surface area contributed by atoms with Gasteiger partial charge < -0.3 is 24.8 Å². The Kier molecular flexibility index (Phi) is 8.19. The number of para-hydroxylation sites is 1. The summed E-state index contributed by atoms with van der Waals surface area (Å²) in [5.41, 5.74) is 0.978. The monoisotopic (exact) mass is 363 g/mol. The van der Waals surface area contributed by atoms with Gasteiger partial charge in [-0.3, -0.25) is 4.99 Å². The Morgan fingerprint density at radius 3 is 2.81 bits per heavy atom. The van der Waals surface area contributed by atoms with E-state index in [9.17, 15) is 0 Å². The number of fused-ring (bicyclic) bond motifs is 1. The number of ether oxygens (including phenoxy) is 3. The van der Waals surface area contributed by atoms with Gasteiger partial charge in [0.25, 0.3) is 0 Å². The minimum Gasteiger partial charge on any atom is -0.487 e. The highest BCUT2D eigenvalue weighted by atomic mass is 16.5. The molecule has 0 spiro atoms. The molecule has 0 amide bonds. The van der Waals surface area contributed by atoms with Crippen LogP contribution in [-0.2, 0) is 9.47 Å². The Hall–Kier alpha value is -1.79. The molecular weight excluding hydrogens is 330 g/mol. The standard InChI is InChI=1S/C20H33N3O3/c1-20(2)15-17(16-9-5-6-10-18(16)26-20)23-19(21-3)22-11-7-8-12-25-14-13-24-4/h5-6,9-10,17H,7-8,11-15H2,1-4H3,(H2,21,22,23). The van der Waals surface area contributed by atoms with Crippen molar-refractivity contribution >= 4 is 5.96 Å². The molecule has 2 rings (SSSR count). The zero-order chi connectivity index (χ0) is 18.8. The quantitative estimate of drug-likeness (QED) is 0.401. The van der Waals surface area contributed by atoms with Gasteiger partial charge in [-0.25, -0.2) is 0 Å². The maximum atomic E-state index is 6.10. The maximum absolute atomic E-state index is 6.10. The molecule has 1 heterocycles. The number of aliphatic imine (C=N–C) groups is 1. The second kappa shape index (κ2) is 10.4. The fourth-order valence-electron chi connectivity index (χ4n) is 3.07. The van der Waals surface area contributed by atoms with E-state index in [1.807, 2.05) is 12.1 Å². The summed E-state index contributed by atoms with van der Waals surface area (Å²) in [7, 11) is 3.49. The van der Waals surface area contributed by atoms with Gasteiger partial charge in [-0.15, -0.1) is 0 Å². The van der Waals surface area contributed by atoms with E-state index in [1.165, 1.54) is 5.56 Å². The van der Waals surface area contributed by atoms with Crippen molar-refractivity contribution in [1.82, 2.24) is 10.6 Å². The van der Waals surface area contributed by atoms with Gasteiger partial charge in [-0.1, -0.05) is 18.2 Å². The fraction of sp³-hybridized carbons (Fsp3) is 0.650. The molecule has 1 aromatic rings. The highest BCUT2D eigenvalue weighted by Crippen LogP contribution is 2.39.